The maximum atomic E-state index is 13.3. The van der Waals surface area contributed by atoms with Crippen LogP contribution in [0.15, 0.2) is 60.7 Å². The number of likely N-dealkylation sites (tertiary alicyclic amines) is 1. The van der Waals surface area contributed by atoms with E-state index in [1.165, 1.54) is 0 Å². The Kier molecular flexibility index (Phi) is 5.21. The summed E-state index contributed by atoms with van der Waals surface area (Å²) < 4.78 is 1.74. The first-order valence-corrected chi connectivity index (χ1v) is 9.79. The van der Waals surface area contributed by atoms with Crippen LogP contribution in [0.1, 0.15) is 36.8 Å². The van der Waals surface area contributed by atoms with Crippen LogP contribution in [0.25, 0.3) is 17.1 Å². The van der Waals surface area contributed by atoms with Crippen LogP contribution in [0.2, 0.25) is 0 Å². The zero-order valence-corrected chi connectivity index (χ0v) is 16.0. The van der Waals surface area contributed by atoms with Gasteiger partial charge in [0.2, 0.25) is 5.82 Å². The van der Waals surface area contributed by atoms with Gasteiger partial charge in [-0.05, 0) is 38.3 Å². The van der Waals surface area contributed by atoms with Crippen LogP contribution in [-0.4, -0.2) is 44.2 Å². The van der Waals surface area contributed by atoms with Crippen molar-refractivity contribution in [2.45, 2.75) is 38.3 Å². The van der Waals surface area contributed by atoms with Gasteiger partial charge in [0, 0.05) is 24.2 Å². The van der Waals surface area contributed by atoms with E-state index in [0.29, 0.717) is 12.4 Å². The number of nitrogens with two attached hydrogens (primary N) is 1. The molecule has 2 atom stereocenters. The molecule has 1 aliphatic rings. The molecule has 4 rings (SSSR count). The van der Waals surface area contributed by atoms with Crippen molar-refractivity contribution in [2.75, 3.05) is 6.54 Å². The second kappa shape index (κ2) is 7.94. The molecule has 0 bridgehead atoms. The number of nitrogens with zero attached hydrogens (tertiary/aromatic N) is 4. The Morgan fingerprint density at radius 1 is 1.07 bits per heavy atom. The highest BCUT2D eigenvalue weighted by Gasteiger charge is 2.32. The van der Waals surface area contributed by atoms with Crippen molar-refractivity contribution in [1.29, 1.82) is 0 Å². The molecule has 1 saturated heterocycles. The molecule has 0 spiro atoms. The highest BCUT2D eigenvalue weighted by molar-refractivity contribution is 5.91. The molecule has 1 aliphatic heterocycles. The lowest BCUT2D eigenvalue weighted by Gasteiger charge is -2.37. The van der Waals surface area contributed by atoms with E-state index in [0.717, 1.165) is 30.5 Å². The zero-order chi connectivity index (χ0) is 19.5. The average molecular weight is 375 g/mol. The molecule has 1 amide bonds. The van der Waals surface area contributed by atoms with Crippen LogP contribution in [0.3, 0.4) is 0 Å². The van der Waals surface area contributed by atoms with Crippen molar-refractivity contribution in [1.82, 2.24) is 19.7 Å². The van der Waals surface area contributed by atoms with Crippen molar-refractivity contribution in [3.63, 3.8) is 0 Å². The summed E-state index contributed by atoms with van der Waals surface area (Å²) in [6, 6.07) is 19.5. The Morgan fingerprint density at radius 2 is 1.75 bits per heavy atom. The lowest BCUT2D eigenvalue weighted by Crippen LogP contribution is -2.51. The maximum Gasteiger partial charge on any atom is 0.293 e. The Hall–Kier alpha value is -2.99. The number of carbonyl (C=O) groups is 1. The van der Waals surface area contributed by atoms with Gasteiger partial charge in [-0.3, -0.25) is 4.79 Å². The SMILES string of the molecule is CC(N)C1CCCCN1C(=O)c1nc(-c2ccccc2)n(-c2ccccc2)n1. The lowest BCUT2D eigenvalue weighted by molar-refractivity contribution is 0.0571. The molecule has 6 nitrogen and oxygen atoms in total. The maximum absolute atomic E-state index is 13.3. The number of benzene rings is 2. The molecular formula is C22H25N5O. The molecule has 6 heteroatoms. The monoisotopic (exact) mass is 375 g/mol. The molecule has 2 heterocycles. The number of rotatable bonds is 4. The quantitative estimate of drug-likeness (QED) is 0.759. The summed E-state index contributed by atoms with van der Waals surface area (Å²) in [4.78, 5) is 19.8. The minimum absolute atomic E-state index is 0.0325. The Labute approximate surface area is 165 Å². The lowest BCUT2D eigenvalue weighted by atomic mass is 9.97. The fraction of sp³-hybridized carbons (Fsp3) is 0.318. The summed E-state index contributed by atoms with van der Waals surface area (Å²) in [5.74, 6) is 0.730. The molecule has 0 saturated carbocycles. The van der Waals surface area contributed by atoms with Gasteiger partial charge < -0.3 is 10.6 Å². The Balaban J connectivity index is 1.76. The second-order valence-electron chi connectivity index (χ2n) is 7.29. The molecule has 2 aromatic carbocycles. The third-order valence-corrected chi connectivity index (χ3v) is 5.25. The minimum atomic E-state index is -0.145. The van der Waals surface area contributed by atoms with Gasteiger partial charge in [0.1, 0.15) is 0 Å². The standard InChI is InChI=1S/C22H25N5O/c1-16(23)19-14-8-9-15-26(19)22(28)20-24-21(17-10-4-2-5-11-17)27(25-20)18-12-6-3-7-13-18/h2-7,10-13,16,19H,8-9,14-15,23H2,1H3. The van der Waals surface area contributed by atoms with Gasteiger partial charge in [0.25, 0.3) is 5.91 Å². The normalized spacial score (nSPS) is 18.1. The Morgan fingerprint density at radius 3 is 2.43 bits per heavy atom. The summed E-state index contributed by atoms with van der Waals surface area (Å²) in [7, 11) is 0. The number of para-hydroxylation sites is 1. The summed E-state index contributed by atoms with van der Waals surface area (Å²) in [5, 5.41) is 4.60. The van der Waals surface area contributed by atoms with E-state index in [2.05, 4.69) is 10.1 Å². The average Bonchev–Trinajstić information content (AvgIpc) is 3.20. The van der Waals surface area contributed by atoms with E-state index in [9.17, 15) is 4.79 Å². The van der Waals surface area contributed by atoms with Gasteiger partial charge in [0.05, 0.1) is 5.69 Å². The molecule has 1 aromatic heterocycles. The number of hydrogen-bond acceptors (Lipinski definition) is 4. The molecule has 0 aliphatic carbocycles. The van der Waals surface area contributed by atoms with E-state index in [-0.39, 0.29) is 23.8 Å². The smallest absolute Gasteiger partial charge is 0.293 e. The van der Waals surface area contributed by atoms with Crippen molar-refractivity contribution in [3.05, 3.63) is 66.5 Å². The molecule has 144 valence electrons. The van der Waals surface area contributed by atoms with E-state index in [1.54, 1.807) is 4.68 Å². The number of amides is 1. The molecule has 3 aromatic rings. The first kappa shape index (κ1) is 18.4. The highest BCUT2D eigenvalue weighted by atomic mass is 16.2. The van der Waals surface area contributed by atoms with Crippen LogP contribution < -0.4 is 5.73 Å². The van der Waals surface area contributed by atoms with Crippen molar-refractivity contribution in [2.24, 2.45) is 5.73 Å². The number of piperidine rings is 1. The van der Waals surface area contributed by atoms with E-state index < -0.39 is 0 Å². The first-order chi connectivity index (χ1) is 13.6. The van der Waals surface area contributed by atoms with E-state index >= 15 is 0 Å². The van der Waals surface area contributed by atoms with Gasteiger partial charge >= 0.3 is 0 Å². The third-order valence-electron chi connectivity index (χ3n) is 5.25. The minimum Gasteiger partial charge on any atom is -0.331 e. The van der Waals surface area contributed by atoms with Crippen molar-refractivity contribution in [3.8, 4) is 17.1 Å². The Bertz CT molecular complexity index is 879. The number of aromatic nitrogens is 3. The summed E-state index contributed by atoms with van der Waals surface area (Å²) in [6.07, 6.45) is 3.01. The summed E-state index contributed by atoms with van der Waals surface area (Å²) in [5.41, 5.74) is 7.94. The van der Waals surface area contributed by atoms with Crippen LogP contribution >= 0.6 is 0 Å². The van der Waals surface area contributed by atoms with E-state index in [1.807, 2.05) is 72.5 Å². The molecular weight excluding hydrogens is 350 g/mol. The summed E-state index contributed by atoms with van der Waals surface area (Å²) >= 11 is 0. The van der Waals surface area contributed by atoms with Gasteiger partial charge in [-0.25, -0.2) is 9.67 Å². The molecule has 28 heavy (non-hydrogen) atoms. The van der Waals surface area contributed by atoms with Gasteiger partial charge in [-0.15, -0.1) is 5.10 Å². The molecule has 2 unspecified atom stereocenters. The van der Waals surface area contributed by atoms with E-state index in [4.69, 9.17) is 5.73 Å². The van der Waals surface area contributed by atoms with Crippen LogP contribution in [0, 0.1) is 0 Å². The van der Waals surface area contributed by atoms with Crippen molar-refractivity contribution >= 4 is 5.91 Å². The zero-order valence-electron chi connectivity index (χ0n) is 16.0. The highest BCUT2D eigenvalue weighted by Crippen LogP contribution is 2.24. The molecule has 2 N–H and O–H groups in total. The first-order valence-electron chi connectivity index (χ1n) is 9.79. The predicted octanol–water partition coefficient (Wildman–Crippen LogP) is 3.28. The number of hydrogen-bond donors (Lipinski definition) is 1. The second-order valence-corrected chi connectivity index (χ2v) is 7.29. The van der Waals surface area contributed by atoms with Crippen LogP contribution in [0.4, 0.5) is 0 Å². The van der Waals surface area contributed by atoms with Crippen LogP contribution in [-0.2, 0) is 0 Å². The molecule has 1 fully saturated rings. The summed E-state index contributed by atoms with van der Waals surface area (Å²) in [6.45, 7) is 2.66. The largest absolute Gasteiger partial charge is 0.331 e. The fourth-order valence-corrected chi connectivity index (χ4v) is 3.81. The van der Waals surface area contributed by atoms with Gasteiger partial charge in [-0.1, -0.05) is 48.5 Å². The third kappa shape index (κ3) is 3.55. The van der Waals surface area contributed by atoms with Gasteiger partial charge in [-0.2, -0.15) is 0 Å². The molecule has 0 radical (unpaired) electrons. The predicted molar refractivity (Wildman–Crippen MR) is 109 cm³/mol. The number of carbonyl (C=O) groups excluding carboxylic acids is 1. The van der Waals surface area contributed by atoms with Crippen LogP contribution in [0.5, 0.6) is 0 Å². The van der Waals surface area contributed by atoms with Gasteiger partial charge in [0.15, 0.2) is 5.82 Å². The topological polar surface area (TPSA) is 77.0 Å². The fourth-order valence-electron chi connectivity index (χ4n) is 3.81. The van der Waals surface area contributed by atoms with Crippen molar-refractivity contribution < 1.29 is 4.79 Å².